The molecule has 2 N–H and O–H groups in total. The first-order valence-corrected chi connectivity index (χ1v) is 11.6. The third kappa shape index (κ3) is 7.19. The SMILES string of the molecule is COc1cc(CNCc2ccc(C)c(F)c2)ccc1OCC(O)CN(C)C1CCCCC1. The summed E-state index contributed by atoms with van der Waals surface area (Å²) in [5.74, 6) is 1.08. The quantitative estimate of drug-likeness (QED) is 0.537. The van der Waals surface area contributed by atoms with Crippen molar-refractivity contribution in [1.29, 1.82) is 0 Å². The summed E-state index contributed by atoms with van der Waals surface area (Å²) in [4.78, 5) is 2.26. The Morgan fingerprint density at radius 1 is 1.06 bits per heavy atom. The first-order chi connectivity index (χ1) is 15.5. The van der Waals surface area contributed by atoms with Crippen LogP contribution in [0.2, 0.25) is 0 Å². The van der Waals surface area contributed by atoms with Crippen LogP contribution in [0.4, 0.5) is 4.39 Å². The second-order valence-corrected chi connectivity index (χ2v) is 8.87. The highest BCUT2D eigenvalue weighted by Crippen LogP contribution is 2.28. The molecule has 0 aromatic heterocycles. The molecular weight excluding hydrogens is 407 g/mol. The molecule has 1 saturated carbocycles. The summed E-state index contributed by atoms with van der Waals surface area (Å²) >= 11 is 0. The minimum absolute atomic E-state index is 0.181. The average molecular weight is 445 g/mol. The summed E-state index contributed by atoms with van der Waals surface area (Å²) < 4.78 is 25.0. The fourth-order valence-electron chi connectivity index (χ4n) is 4.28. The molecule has 2 aromatic rings. The van der Waals surface area contributed by atoms with Gasteiger partial charge in [-0.25, -0.2) is 4.39 Å². The van der Waals surface area contributed by atoms with Crippen LogP contribution in [0.5, 0.6) is 11.5 Å². The van der Waals surface area contributed by atoms with Crippen molar-refractivity contribution >= 4 is 0 Å². The Hall–Kier alpha value is -2.15. The molecule has 2 aromatic carbocycles. The lowest BCUT2D eigenvalue weighted by Gasteiger charge is -2.32. The summed E-state index contributed by atoms with van der Waals surface area (Å²) in [7, 11) is 3.70. The molecule has 0 spiro atoms. The molecule has 1 atom stereocenters. The van der Waals surface area contributed by atoms with Crippen molar-refractivity contribution in [2.24, 2.45) is 0 Å². The van der Waals surface area contributed by atoms with E-state index in [1.807, 2.05) is 24.3 Å². The Morgan fingerprint density at radius 2 is 1.75 bits per heavy atom. The van der Waals surface area contributed by atoms with Crippen LogP contribution < -0.4 is 14.8 Å². The van der Waals surface area contributed by atoms with Gasteiger partial charge >= 0.3 is 0 Å². The van der Waals surface area contributed by atoms with Gasteiger partial charge in [0.05, 0.1) is 7.11 Å². The molecule has 32 heavy (non-hydrogen) atoms. The third-order valence-corrected chi connectivity index (χ3v) is 6.25. The van der Waals surface area contributed by atoms with E-state index in [0.29, 0.717) is 42.7 Å². The lowest BCUT2D eigenvalue weighted by atomic mass is 9.94. The lowest BCUT2D eigenvalue weighted by molar-refractivity contribution is 0.0553. The van der Waals surface area contributed by atoms with Crippen molar-refractivity contribution in [2.75, 3.05) is 27.3 Å². The van der Waals surface area contributed by atoms with Crippen LogP contribution >= 0.6 is 0 Å². The molecule has 176 valence electrons. The first-order valence-electron chi connectivity index (χ1n) is 11.6. The van der Waals surface area contributed by atoms with E-state index < -0.39 is 6.10 Å². The van der Waals surface area contributed by atoms with Gasteiger partial charge in [-0.2, -0.15) is 0 Å². The van der Waals surface area contributed by atoms with Gasteiger partial charge in [-0.1, -0.05) is 37.5 Å². The van der Waals surface area contributed by atoms with Gasteiger partial charge in [-0.3, -0.25) is 0 Å². The Labute approximate surface area is 191 Å². The molecule has 6 heteroatoms. The van der Waals surface area contributed by atoms with Gasteiger partial charge in [0, 0.05) is 25.7 Å². The van der Waals surface area contributed by atoms with E-state index in [-0.39, 0.29) is 12.4 Å². The van der Waals surface area contributed by atoms with E-state index in [9.17, 15) is 9.50 Å². The number of methoxy groups -OCH3 is 1. The Morgan fingerprint density at radius 3 is 2.44 bits per heavy atom. The highest BCUT2D eigenvalue weighted by atomic mass is 19.1. The summed E-state index contributed by atoms with van der Waals surface area (Å²) in [6.07, 6.45) is 5.76. The zero-order chi connectivity index (χ0) is 22.9. The van der Waals surface area contributed by atoms with Crippen LogP contribution in [-0.4, -0.2) is 49.5 Å². The molecule has 0 amide bonds. The van der Waals surface area contributed by atoms with Gasteiger partial charge in [0.1, 0.15) is 18.5 Å². The number of aliphatic hydroxyl groups is 1. The molecule has 0 radical (unpaired) electrons. The molecule has 0 aliphatic heterocycles. The van der Waals surface area contributed by atoms with Crippen molar-refractivity contribution in [2.45, 2.75) is 64.3 Å². The number of hydrogen-bond acceptors (Lipinski definition) is 5. The van der Waals surface area contributed by atoms with Crippen LogP contribution in [-0.2, 0) is 13.1 Å². The van der Waals surface area contributed by atoms with E-state index >= 15 is 0 Å². The maximum Gasteiger partial charge on any atom is 0.161 e. The number of nitrogens with zero attached hydrogens (tertiary/aromatic N) is 1. The number of likely N-dealkylation sites (N-methyl/N-ethyl adjacent to an activating group) is 1. The van der Waals surface area contributed by atoms with Gasteiger partial charge in [0.2, 0.25) is 0 Å². The largest absolute Gasteiger partial charge is 0.493 e. The summed E-state index contributed by atoms with van der Waals surface area (Å²) in [6.45, 7) is 3.80. The molecule has 1 fully saturated rings. The minimum Gasteiger partial charge on any atom is -0.493 e. The second-order valence-electron chi connectivity index (χ2n) is 8.87. The summed E-state index contributed by atoms with van der Waals surface area (Å²) in [5, 5.41) is 13.8. The predicted octanol–water partition coefficient (Wildman–Crippen LogP) is 4.44. The predicted molar refractivity (Wildman–Crippen MR) is 126 cm³/mol. The van der Waals surface area contributed by atoms with Crippen LogP contribution in [0, 0.1) is 12.7 Å². The van der Waals surface area contributed by atoms with Crippen molar-refractivity contribution in [1.82, 2.24) is 10.2 Å². The van der Waals surface area contributed by atoms with Crippen molar-refractivity contribution in [3.63, 3.8) is 0 Å². The number of aryl methyl sites for hydroxylation is 1. The van der Waals surface area contributed by atoms with Crippen molar-refractivity contribution < 1.29 is 19.0 Å². The number of hydrogen-bond donors (Lipinski definition) is 2. The Bertz CT molecular complexity index is 855. The first kappa shape index (κ1) is 24.5. The standard InChI is InChI=1S/C26H37FN2O3/c1-19-9-10-20(13-24(19)27)15-28-16-21-11-12-25(26(14-21)31-3)32-18-23(30)17-29(2)22-7-5-4-6-8-22/h9-14,22-23,28,30H,4-8,15-18H2,1-3H3. The fourth-order valence-corrected chi connectivity index (χ4v) is 4.28. The minimum atomic E-state index is -0.553. The van der Waals surface area contributed by atoms with Gasteiger partial charge in [0.15, 0.2) is 11.5 Å². The van der Waals surface area contributed by atoms with E-state index in [0.717, 1.165) is 11.1 Å². The molecule has 0 heterocycles. The molecule has 0 saturated heterocycles. The van der Waals surface area contributed by atoms with Crippen molar-refractivity contribution in [3.05, 3.63) is 58.9 Å². The monoisotopic (exact) mass is 444 g/mol. The maximum atomic E-state index is 13.7. The molecule has 1 aliphatic rings. The zero-order valence-corrected chi connectivity index (χ0v) is 19.6. The van der Waals surface area contributed by atoms with Crippen LogP contribution in [0.1, 0.15) is 48.8 Å². The van der Waals surface area contributed by atoms with Gasteiger partial charge < -0.3 is 24.8 Å². The number of nitrogens with one attached hydrogen (secondary N) is 1. The van der Waals surface area contributed by atoms with Crippen LogP contribution in [0.3, 0.4) is 0 Å². The highest BCUT2D eigenvalue weighted by molar-refractivity contribution is 5.43. The zero-order valence-electron chi connectivity index (χ0n) is 19.6. The normalized spacial score (nSPS) is 15.7. The number of halogens is 1. The topological polar surface area (TPSA) is 54.0 Å². The Kier molecular flexibility index (Phi) is 9.33. The van der Waals surface area contributed by atoms with Crippen LogP contribution in [0.15, 0.2) is 36.4 Å². The molecular formula is C26H37FN2O3. The highest BCUT2D eigenvalue weighted by Gasteiger charge is 2.20. The van der Waals surface area contributed by atoms with Gasteiger partial charge in [-0.15, -0.1) is 0 Å². The third-order valence-electron chi connectivity index (χ3n) is 6.25. The summed E-state index contributed by atoms with van der Waals surface area (Å²) in [5.41, 5.74) is 2.60. The lowest BCUT2D eigenvalue weighted by Crippen LogP contribution is -2.40. The van der Waals surface area contributed by atoms with Crippen molar-refractivity contribution in [3.8, 4) is 11.5 Å². The smallest absolute Gasteiger partial charge is 0.161 e. The Balaban J connectivity index is 1.47. The second kappa shape index (κ2) is 12.2. The number of rotatable bonds is 11. The maximum absolute atomic E-state index is 13.7. The van der Waals surface area contributed by atoms with Gasteiger partial charge in [-0.05, 0) is 61.7 Å². The molecule has 1 unspecified atom stereocenters. The molecule has 0 bridgehead atoms. The average Bonchev–Trinajstić information content (AvgIpc) is 2.81. The number of ether oxygens (including phenoxy) is 2. The number of benzene rings is 2. The van der Waals surface area contributed by atoms with E-state index in [4.69, 9.17) is 9.47 Å². The van der Waals surface area contributed by atoms with E-state index in [1.54, 1.807) is 26.2 Å². The van der Waals surface area contributed by atoms with Crippen LogP contribution in [0.25, 0.3) is 0 Å². The van der Waals surface area contributed by atoms with E-state index in [1.165, 1.54) is 32.1 Å². The van der Waals surface area contributed by atoms with E-state index in [2.05, 4.69) is 17.3 Å². The summed E-state index contributed by atoms with van der Waals surface area (Å²) in [6, 6.07) is 11.6. The molecule has 1 aliphatic carbocycles. The number of aliphatic hydroxyl groups excluding tert-OH is 1. The molecule has 3 rings (SSSR count). The van der Waals surface area contributed by atoms with Gasteiger partial charge in [0.25, 0.3) is 0 Å². The fraction of sp³-hybridized carbons (Fsp3) is 0.538. The molecule has 5 nitrogen and oxygen atoms in total.